The molecule has 0 spiro atoms. The number of nitrogens with zero attached hydrogens (tertiary/aromatic N) is 4. The topological polar surface area (TPSA) is 41.4 Å². The Kier molecular flexibility index (Phi) is 2.30. The van der Waals surface area contributed by atoms with E-state index in [1.165, 1.54) is 12.1 Å². The largest absolute Gasteiger partial charge is 0.376 e. The number of carbonyl (C=O) groups is 1. The molecule has 1 amide bonds. The third-order valence-electron chi connectivity index (χ3n) is 5.39. The van der Waals surface area contributed by atoms with Crippen molar-refractivity contribution in [3.8, 4) is 0 Å². The molecule has 4 aliphatic rings. The molecule has 5 nitrogen and oxygen atoms in total. The van der Waals surface area contributed by atoms with Crippen molar-refractivity contribution in [2.75, 3.05) is 19.6 Å². The van der Waals surface area contributed by atoms with Crippen LogP contribution >= 0.6 is 0 Å². The highest BCUT2D eigenvalue weighted by atomic mass is 16.2. The molecule has 0 unspecified atom stereocenters. The third-order valence-corrected chi connectivity index (χ3v) is 5.39. The number of benzene rings is 1. The van der Waals surface area contributed by atoms with Gasteiger partial charge in [0.25, 0.3) is 5.91 Å². The van der Waals surface area contributed by atoms with Crippen molar-refractivity contribution in [1.82, 2.24) is 19.6 Å². The zero-order valence-electron chi connectivity index (χ0n) is 12.6. The summed E-state index contributed by atoms with van der Waals surface area (Å²) < 4.78 is 1.80. The summed E-state index contributed by atoms with van der Waals surface area (Å²) in [6.45, 7) is 3.08. The molecule has 1 aromatic carbocycles. The minimum absolute atomic E-state index is 0.0549. The van der Waals surface area contributed by atoms with E-state index < -0.39 is 0 Å². The van der Waals surface area contributed by atoms with Crippen molar-refractivity contribution in [2.45, 2.75) is 6.42 Å². The molecular formula is C17H18N4O. The summed E-state index contributed by atoms with van der Waals surface area (Å²) in [5, 5.41) is 5.44. The Bertz CT molecular complexity index is 821. The summed E-state index contributed by atoms with van der Waals surface area (Å²) in [7, 11) is 1.90. The average Bonchev–Trinajstić information content (AvgIpc) is 3.03. The standard InChI is InChI=1S/C17H18N4O/c1-19-14-5-3-2-4-13(14)16(18-19)17(22)21-9-11-8-20-7-6-12(11)15(21)10-20/h2-5,10-12H,6-9H2,1H3/t11-,12-/m1/s1. The summed E-state index contributed by atoms with van der Waals surface area (Å²) in [5.74, 6) is 1.23. The van der Waals surface area contributed by atoms with E-state index in [-0.39, 0.29) is 5.91 Å². The van der Waals surface area contributed by atoms with Crippen LogP contribution in [0.4, 0.5) is 0 Å². The molecule has 0 saturated carbocycles. The Morgan fingerprint density at radius 1 is 1.27 bits per heavy atom. The average molecular weight is 294 g/mol. The van der Waals surface area contributed by atoms with Crippen molar-refractivity contribution in [2.24, 2.45) is 18.9 Å². The third kappa shape index (κ3) is 1.48. The van der Waals surface area contributed by atoms with E-state index >= 15 is 0 Å². The first-order chi connectivity index (χ1) is 10.7. The van der Waals surface area contributed by atoms with Crippen LogP contribution in [-0.4, -0.2) is 45.1 Å². The van der Waals surface area contributed by atoms with Gasteiger partial charge in [-0.3, -0.25) is 9.48 Å². The number of hydrogen-bond donors (Lipinski definition) is 0. The lowest BCUT2D eigenvalue weighted by Gasteiger charge is -2.39. The van der Waals surface area contributed by atoms with Crippen LogP contribution in [0.25, 0.3) is 10.9 Å². The highest BCUT2D eigenvalue weighted by Gasteiger charge is 2.46. The smallest absolute Gasteiger partial charge is 0.279 e. The zero-order valence-corrected chi connectivity index (χ0v) is 12.6. The number of piperidine rings is 1. The SMILES string of the molecule is Cn1nc(C(=O)N2C[C@H]3CN4C=C2[C@@H]3CC4)c2ccccc21. The molecule has 0 N–H and O–H groups in total. The van der Waals surface area contributed by atoms with Crippen molar-refractivity contribution in [1.29, 1.82) is 0 Å². The van der Waals surface area contributed by atoms with Gasteiger partial charge >= 0.3 is 0 Å². The van der Waals surface area contributed by atoms with Crippen molar-refractivity contribution in [3.05, 3.63) is 41.9 Å². The summed E-state index contributed by atoms with van der Waals surface area (Å²) in [6, 6.07) is 7.95. The first-order valence-corrected chi connectivity index (χ1v) is 7.92. The monoisotopic (exact) mass is 294 g/mol. The number of carbonyl (C=O) groups excluding carboxylic acids is 1. The highest BCUT2D eigenvalue weighted by Crippen LogP contribution is 2.44. The van der Waals surface area contributed by atoms with Gasteiger partial charge in [0, 0.05) is 55.8 Å². The number of aromatic nitrogens is 2. The van der Waals surface area contributed by atoms with Gasteiger partial charge in [-0.25, -0.2) is 0 Å². The van der Waals surface area contributed by atoms with Crippen LogP contribution in [0.2, 0.25) is 0 Å². The molecule has 0 aliphatic carbocycles. The number of allylic oxidation sites excluding steroid dienone is 1. The normalized spacial score (nSPS) is 26.0. The Morgan fingerprint density at radius 2 is 2.14 bits per heavy atom. The predicted octanol–water partition coefficient (Wildman–Crippen LogP) is 1.82. The van der Waals surface area contributed by atoms with E-state index in [1.807, 2.05) is 36.2 Å². The molecule has 2 atom stereocenters. The minimum Gasteiger partial charge on any atom is -0.376 e. The lowest BCUT2D eigenvalue weighted by molar-refractivity contribution is 0.0815. The van der Waals surface area contributed by atoms with Crippen LogP contribution in [0.1, 0.15) is 16.9 Å². The van der Waals surface area contributed by atoms with Gasteiger partial charge in [0.2, 0.25) is 0 Å². The quantitative estimate of drug-likeness (QED) is 0.805. The maximum absolute atomic E-state index is 13.1. The Balaban J connectivity index is 1.59. The lowest BCUT2D eigenvalue weighted by atomic mass is 9.84. The van der Waals surface area contributed by atoms with E-state index in [0.29, 0.717) is 17.5 Å². The molecule has 4 bridgehead atoms. The van der Waals surface area contributed by atoms with Crippen LogP contribution in [0.5, 0.6) is 0 Å². The molecule has 6 rings (SSSR count). The van der Waals surface area contributed by atoms with Crippen molar-refractivity contribution >= 4 is 16.8 Å². The van der Waals surface area contributed by atoms with E-state index in [1.54, 1.807) is 4.68 Å². The first kappa shape index (κ1) is 12.3. The summed E-state index contributed by atoms with van der Waals surface area (Å²) >= 11 is 0. The van der Waals surface area contributed by atoms with Gasteiger partial charge < -0.3 is 9.80 Å². The van der Waals surface area contributed by atoms with Gasteiger partial charge in [-0.05, 0) is 12.5 Å². The number of fused-ring (bicyclic) bond motifs is 2. The summed E-state index contributed by atoms with van der Waals surface area (Å²) in [6.07, 6.45) is 3.38. The van der Waals surface area contributed by atoms with E-state index in [2.05, 4.69) is 16.2 Å². The molecule has 2 aromatic rings. The van der Waals surface area contributed by atoms with Crippen LogP contribution < -0.4 is 0 Å². The highest BCUT2D eigenvalue weighted by molar-refractivity contribution is 6.05. The molecule has 2 saturated heterocycles. The molecule has 22 heavy (non-hydrogen) atoms. The number of hydrogen-bond acceptors (Lipinski definition) is 3. The second-order valence-electron chi connectivity index (χ2n) is 6.61. The van der Waals surface area contributed by atoms with Gasteiger partial charge in [-0.1, -0.05) is 18.2 Å². The molecule has 2 fully saturated rings. The maximum Gasteiger partial charge on any atom is 0.279 e. The molecule has 5 heterocycles. The fourth-order valence-electron chi connectivity index (χ4n) is 4.34. The van der Waals surface area contributed by atoms with Crippen LogP contribution in [0.3, 0.4) is 0 Å². The fraction of sp³-hybridized carbons (Fsp3) is 0.412. The van der Waals surface area contributed by atoms with Crippen LogP contribution in [0, 0.1) is 11.8 Å². The zero-order chi connectivity index (χ0) is 14.8. The maximum atomic E-state index is 13.1. The Morgan fingerprint density at radius 3 is 2.95 bits per heavy atom. The summed E-state index contributed by atoms with van der Waals surface area (Å²) in [5.41, 5.74) is 2.80. The van der Waals surface area contributed by atoms with Crippen LogP contribution in [-0.2, 0) is 7.05 Å². The molecule has 1 aromatic heterocycles. The van der Waals surface area contributed by atoms with Gasteiger partial charge in [0.05, 0.1) is 5.52 Å². The second-order valence-corrected chi connectivity index (χ2v) is 6.61. The first-order valence-electron chi connectivity index (χ1n) is 7.92. The second kappa shape index (κ2) is 4.12. The molecule has 4 aliphatic heterocycles. The lowest BCUT2D eigenvalue weighted by Crippen LogP contribution is -2.40. The number of amides is 1. The van der Waals surface area contributed by atoms with E-state index in [0.717, 1.165) is 30.5 Å². The van der Waals surface area contributed by atoms with Crippen molar-refractivity contribution < 1.29 is 4.79 Å². The fourth-order valence-corrected chi connectivity index (χ4v) is 4.34. The van der Waals surface area contributed by atoms with Crippen molar-refractivity contribution in [3.63, 3.8) is 0 Å². The number of rotatable bonds is 1. The number of aryl methyl sites for hydroxylation is 1. The summed E-state index contributed by atoms with van der Waals surface area (Å²) in [4.78, 5) is 17.4. The number of para-hydroxylation sites is 1. The molecule has 5 heteroatoms. The predicted molar refractivity (Wildman–Crippen MR) is 83.0 cm³/mol. The van der Waals surface area contributed by atoms with Gasteiger partial charge in [-0.2, -0.15) is 5.10 Å². The van der Waals surface area contributed by atoms with Crippen LogP contribution in [0.15, 0.2) is 36.2 Å². The molecular weight excluding hydrogens is 276 g/mol. The minimum atomic E-state index is 0.0549. The van der Waals surface area contributed by atoms with Gasteiger partial charge in [0.1, 0.15) is 0 Å². The molecule has 112 valence electrons. The van der Waals surface area contributed by atoms with Gasteiger partial charge in [0.15, 0.2) is 5.69 Å². The van der Waals surface area contributed by atoms with E-state index in [4.69, 9.17) is 0 Å². The van der Waals surface area contributed by atoms with E-state index in [9.17, 15) is 4.79 Å². The Labute approximate surface area is 128 Å². The van der Waals surface area contributed by atoms with Gasteiger partial charge in [-0.15, -0.1) is 0 Å². The Hall–Kier alpha value is -2.30. The molecule has 0 radical (unpaired) electrons. The number of likely N-dealkylation sites (tertiary alicyclic amines) is 1.